The molecule has 0 saturated carbocycles. The molecule has 2 atom stereocenters. The molecule has 1 heterocycles. The van der Waals surface area contributed by atoms with Crippen molar-refractivity contribution in [3.63, 3.8) is 0 Å². The maximum absolute atomic E-state index is 11.7. The van der Waals surface area contributed by atoms with Crippen molar-refractivity contribution in [2.75, 3.05) is 0 Å². The van der Waals surface area contributed by atoms with Gasteiger partial charge in [-0.15, -0.1) is 0 Å². The summed E-state index contributed by atoms with van der Waals surface area (Å²) in [6.07, 6.45) is 17.3. The third kappa shape index (κ3) is 8.19. The van der Waals surface area contributed by atoms with Gasteiger partial charge in [0.1, 0.15) is 6.10 Å². The second-order valence-electron chi connectivity index (χ2n) is 7.47. The number of carbonyl (C=O) groups is 1. The van der Waals surface area contributed by atoms with E-state index in [0.29, 0.717) is 5.92 Å². The Labute approximate surface area is 138 Å². The van der Waals surface area contributed by atoms with E-state index in [4.69, 9.17) is 4.74 Å². The van der Waals surface area contributed by atoms with Crippen LogP contribution in [0.3, 0.4) is 0 Å². The Morgan fingerprint density at radius 3 is 1.86 bits per heavy atom. The lowest BCUT2D eigenvalue weighted by Crippen LogP contribution is -2.13. The Hall–Kier alpha value is -0.530. The number of ether oxygens (including phenoxy) is 1. The molecule has 0 N–H and O–H groups in total. The Morgan fingerprint density at radius 2 is 1.41 bits per heavy atom. The molecule has 0 bridgehead atoms. The average molecular weight is 311 g/mol. The first kappa shape index (κ1) is 19.5. The summed E-state index contributed by atoms with van der Waals surface area (Å²) in [7, 11) is 0. The van der Waals surface area contributed by atoms with Gasteiger partial charge in [-0.2, -0.15) is 0 Å². The quantitative estimate of drug-likeness (QED) is 0.296. The van der Waals surface area contributed by atoms with Gasteiger partial charge in [0.25, 0.3) is 0 Å². The SMILES string of the molecule is CCCCCCCCCCCCC[C@H]1C[C@@H](C(C)C)C(=O)O1. The van der Waals surface area contributed by atoms with Crippen LogP contribution in [-0.4, -0.2) is 12.1 Å². The van der Waals surface area contributed by atoms with Gasteiger partial charge in [0.05, 0.1) is 5.92 Å². The highest BCUT2D eigenvalue weighted by Crippen LogP contribution is 2.30. The fraction of sp³-hybridized carbons (Fsp3) is 0.950. The summed E-state index contributed by atoms with van der Waals surface area (Å²) in [5.41, 5.74) is 0. The van der Waals surface area contributed by atoms with Gasteiger partial charge in [0.15, 0.2) is 0 Å². The van der Waals surface area contributed by atoms with E-state index in [2.05, 4.69) is 20.8 Å². The van der Waals surface area contributed by atoms with Crippen LogP contribution in [0.15, 0.2) is 0 Å². The van der Waals surface area contributed by atoms with E-state index in [-0.39, 0.29) is 18.0 Å². The molecule has 0 unspecified atom stereocenters. The van der Waals surface area contributed by atoms with Gasteiger partial charge in [0, 0.05) is 0 Å². The minimum atomic E-state index is 0.0445. The van der Waals surface area contributed by atoms with Crippen LogP contribution in [-0.2, 0) is 9.53 Å². The molecule has 0 spiro atoms. The van der Waals surface area contributed by atoms with Crippen molar-refractivity contribution in [1.82, 2.24) is 0 Å². The molecule has 1 rings (SSSR count). The molecular formula is C20H38O2. The van der Waals surface area contributed by atoms with E-state index < -0.39 is 0 Å². The predicted molar refractivity (Wildman–Crippen MR) is 93.9 cm³/mol. The molecule has 0 aromatic rings. The number of rotatable bonds is 13. The van der Waals surface area contributed by atoms with Crippen molar-refractivity contribution < 1.29 is 9.53 Å². The zero-order chi connectivity index (χ0) is 16.2. The van der Waals surface area contributed by atoms with Gasteiger partial charge >= 0.3 is 5.97 Å². The summed E-state index contributed by atoms with van der Waals surface area (Å²) in [6, 6.07) is 0. The largest absolute Gasteiger partial charge is 0.462 e. The minimum Gasteiger partial charge on any atom is -0.462 e. The Kier molecular flexibility index (Phi) is 10.6. The fourth-order valence-electron chi connectivity index (χ4n) is 3.44. The second-order valence-corrected chi connectivity index (χ2v) is 7.47. The second kappa shape index (κ2) is 12.0. The van der Waals surface area contributed by atoms with Crippen LogP contribution in [0.1, 0.15) is 104 Å². The van der Waals surface area contributed by atoms with Crippen LogP contribution in [0.25, 0.3) is 0 Å². The first-order valence-electron chi connectivity index (χ1n) is 9.85. The molecule has 0 aromatic carbocycles. The summed E-state index contributed by atoms with van der Waals surface area (Å²) >= 11 is 0. The third-order valence-corrected chi connectivity index (χ3v) is 5.04. The highest BCUT2D eigenvalue weighted by molar-refractivity contribution is 5.74. The molecule has 2 heteroatoms. The highest BCUT2D eigenvalue weighted by atomic mass is 16.5. The molecule has 1 aliphatic rings. The molecular weight excluding hydrogens is 272 g/mol. The molecule has 0 aromatic heterocycles. The van der Waals surface area contributed by atoms with Gasteiger partial charge in [0.2, 0.25) is 0 Å². The van der Waals surface area contributed by atoms with E-state index in [1.807, 2.05) is 0 Å². The predicted octanol–water partition coefficient (Wildman–Crippen LogP) is 6.28. The third-order valence-electron chi connectivity index (χ3n) is 5.04. The molecule has 1 aliphatic heterocycles. The van der Waals surface area contributed by atoms with Gasteiger partial charge < -0.3 is 4.74 Å². The number of cyclic esters (lactones) is 1. The Morgan fingerprint density at radius 1 is 0.909 bits per heavy atom. The first-order chi connectivity index (χ1) is 10.6. The molecule has 0 amide bonds. The van der Waals surface area contributed by atoms with Crippen molar-refractivity contribution in [3.8, 4) is 0 Å². The smallest absolute Gasteiger partial charge is 0.309 e. The zero-order valence-electron chi connectivity index (χ0n) is 15.2. The normalized spacial score (nSPS) is 21.5. The van der Waals surface area contributed by atoms with Crippen LogP contribution < -0.4 is 0 Å². The molecule has 2 nitrogen and oxygen atoms in total. The van der Waals surface area contributed by atoms with Crippen molar-refractivity contribution >= 4 is 5.97 Å². The van der Waals surface area contributed by atoms with Gasteiger partial charge in [-0.1, -0.05) is 85.0 Å². The lowest BCUT2D eigenvalue weighted by atomic mass is 9.91. The molecule has 1 saturated heterocycles. The van der Waals surface area contributed by atoms with Crippen LogP contribution in [0.4, 0.5) is 0 Å². The zero-order valence-corrected chi connectivity index (χ0v) is 15.2. The molecule has 0 radical (unpaired) electrons. The van der Waals surface area contributed by atoms with E-state index >= 15 is 0 Å². The molecule has 1 fully saturated rings. The summed E-state index contributed by atoms with van der Waals surface area (Å²) < 4.78 is 5.49. The summed E-state index contributed by atoms with van der Waals surface area (Å²) in [5, 5.41) is 0. The van der Waals surface area contributed by atoms with Crippen molar-refractivity contribution in [3.05, 3.63) is 0 Å². The summed E-state index contributed by atoms with van der Waals surface area (Å²) in [6.45, 7) is 6.52. The van der Waals surface area contributed by atoms with Gasteiger partial charge in [-0.05, 0) is 25.2 Å². The lowest BCUT2D eigenvalue weighted by molar-refractivity contribution is -0.145. The standard InChI is InChI=1S/C20H38O2/c1-4-5-6-7-8-9-10-11-12-13-14-15-18-16-19(17(2)3)20(21)22-18/h17-19H,4-16H2,1-3H3/t18-,19-/m0/s1. The van der Waals surface area contributed by atoms with Crippen molar-refractivity contribution in [2.24, 2.45) is 11.8 Å². The Balaban J connectivity index is 1.87. The maximum Gasteiger partial charge on any atom is 0.309 e. The molecule has 130 valence electrons. The lowest BCUT2D eigenvalue weighted by Gasteiger charge is -2.09. The molecule has 22 heavy (non-hydrogen) atoms. The van der Waals surface area contributed by atoms with Crippen LogP contribution >= 0.6 is 0 Å². The maximum atomic E-state index is 11.7. The highest BCUT2D eigenvalue weighted by Gasteiger charge is 2.35. The average Bonchev–Trinajstić information content (AvgIpc) is 2.86. The number of hydrogen-bond donors (Lipinski definition) is 0. The van der Waals surface area contributed by atoms with Crippen LogP contribution in [0.2, 0.25) is 0 Å². The van der Waals surface area contributed by atoms with Crippen molar-refractivity contribution in [2.45, 2.75) is 110 Å². The number of carbonyl (C=O) groups excluding carboxylic acids is 1. The molecule has 0 aliphatic carbocycles. The monoisotopic (exact) mass is 310 g/mol. The van der Waals surface area contributed by atoms with E-state index in [1.54, 1.807) is 0 Å². The van der Waals surface area contributed by atoms with Gasteiger partial charge in [-0.3, -0.25) is 4.79 Å². The van der Waals surface area contributed by atoms with Gasteiger partial charge in [-0.25, -0.2) is 0 Å². The van der Waals surface area contributed by atoms with Crippen LogP contribution in [0, 0.1) is 11.8 Å². The van der Waals surface area contributed by atoms with Crippen molar-refractivity contribution in [1.29, 1.82) is 0 Å². The fourth-order valence-corrected chi connectivity index (χ4v) is 3.44. The summed E-state index contributed by atoms with van der Waals surface area (Å²) in [4.78, 5) is 11.7. The number of hydrogen-bond acceptors (Lipinski definition) is 2. The van der Waals surface area contributed by atoms with E-state index in [1.165, 1.54) is 70.6 Å². The summed E-state index contributed by atoms with van der Waals surface area (Å²) in [5.74, 6) is 0.621. The van der Waals surface area contributed by atoms with E-state index in [9.17, 15) is 4.79 Å². The first-order valence-corrected chi connectivity index (χ1v) is 9.85. The Bertz CT molecular complexity index is 285. The number of esters is 1. The minimum absolute atomic E-state index is 0.0445. The number of unbranched alkanes of at least 4 members (excludes halogenated alkanes) is 10. The topological polar surface area (TPSA) is 26.3 Å². The van der Waals surface area contributed by atoms with E-state index in [0.717, 1.165) is 12.8 Å². The van der Waals surface area contributed by atoms with Crippen LogP contribution in [0.5, 0.6) is 0 Å².